The molecule has 2 aromatic heterocycles. The third-order valence-corrected chi connectivity index (χ3v) is 3.51. The van der Waals surface area contributed by atoms with Gasteiger partial charge in [0.15, 0.2) is 6.61 Å². The highest BCUT2D eigenvalue weighted by atomic mass is 16.5. The van der Waals surface area contributed by atoms with Crippen molar-refractivity contribution in [3.05, 3.63) is 24.5 Å². The van der Waals surface area contributed by atoms with Crippen molar-refractivity contribution in [1.29, 1.82) is 0 Å². The highest BCUT2D eigenvalue weighted by Gasteiger charge is 2.25. The Morgan fingerprint density at radius 2 is 2.48 bits per heavy atom. The largest absolute Gasteiger partial charge is 0.465 e. The first-order valence-corrected chi connectivity index (χ1v) is 6.90. The molecule has 1 saturated heterocycles. The highest BCUT2D eigenvalue weighted by molar-refractivity contribution is 5.77. The van der Waals surface area contributed by atoms with Crippen LogP contribution in [0.2, 0.25) is 0 Å². The maximum absolute atomic E-state index is 12.2. The van der Waals surface area contributed by atoms with Gasteiger partial charge in [-0.05, 0) is 24.9 Å². The van der Waals surface area contributed by atoms with Crippen molar-refractivity contribution in [2.75, 3.05) is 19.7 Å². The Hall–Kier alpha value is -2.38. The Bertz CT molecular complexity index is 595. The van der Waals surface area contributed by atoms with E-state index < -0.39 is 0 Å². The number of amides is 1. The number of carbonyl (C=O) groups is 1. The summed E-state index contributed by atoms with van der Waals surface area (Å²) in [6.45, 7) is 3.11. The summed E-state index contributed by atoms with van der Waals surface area (Å²) in [4.78, 5) is 17.9. The van der Waals surface area contributed by atoms with Crippen LogP contribution in [0.4, 0.5) is 0 Å². The van der Waals surface area contributed by atoms with Gasteiger partial charge in [-0.2, -0.15) is 5.10 Å². The lowest BCUT2D eigenvalue weighted by atomic mass is 10.1. The number of aryl methyl sites for hydroxylation is 1. The summed E-state index contributed by atoms with van der Waals surface area (Å²) in [5, 5.41) is 7.84. The third-order valence-electron chi connectivity index (χ3n) is 3.51. The molecular weight excluding hydrogens is 274 g/mol. The minimum absolute atomic E-state index is 0.0317. The van der Waals surface area contributed by atoms with Crippen LogP contribution in [0.3, 0.4) is 0 Å². The predicted molar refractivity (Wildman–Crippen MR) is 71.6 cm³/mol. The van der Waals surface area contributed by atoms with Crippen molar-refractivity contribution in [1.82, 2.24) is 24.8 Å². The van der Waals surface area contributed by atoms with Gasteiger partial charge < -0.3 is 14.2 Å². The molecule has 8 nitrogen and oxygen atoms in total. The lowest BCUT2D eigenvalue weighted by Gasteiger charge is -2.32. The molecule has 0 spiro atoms. The van der Waals surface area contributed by atoms with E-state index in [4.69, 9.17) is 9.26 Å². The predicted octanol–water partition coefficient (Wildman–Crippen LogP) is 0.817. The Labute approximate surface area is 121 Å². The monoisotopic (exact) mass is 291 g/mol. The smallest absolute Gasteiger partial charge is 0.260 e. The van der Waals surface area contributed by atoms with Crippen LogP contribution >= 0.6 is 0 Å². The van der Waals surface area contributed by atoms with Gasteiger partial charge in [-0.15, -0.1) is 0 Å². The first kappa shape index (κ1) is 13.6. The van der Waals surface area contributed by atoms with Crippen molar-refractivity contribution in [2.24, 2.45) is 0 Å². The van der Waals surface area contributed by atoms with Crippen LogP contribution in [-0.4, -0.2) is 50.4 Å². The molecule has 0 radical (unpaired) electrons. The van der Waals surface area contributed by atoms with E-state index in [0.717, 1.165) is 19.4 Å². The molecule has 21 heavy (non-hydrogen) atoms. The average Bonchev–Trinajstić information content (AvgIpc) is 3.16. The number of rotatable bonds is 4. The molecule has 112 valence electrons. The Balaban J connectivity index is 1.54. The minimum atomic E-state index is -0.0551. The van der Waals surface area contributed by atoms with Crippen LogP contribution in [0, 0.1) is 6.92 Å². The number of piperidine rings is 1. The number of likely N-dealkylation sites (tertiary alicyclic amines) is 1. The molecule has 8 heteroatoms. The average molecular weight is 291 g/mol. The van der Waals surface area contributed by atoms with Crippen LogP contribution in [0.1, 0.15) is 24.6 Å². The molecule has 0 aliphatic carbocycles. The number of aromatic nitrogens is 4. The molecule has 1 aliphatic heterocycles. The zero-order valence-corrected chi connectivity index (χ0v) is 11.8. The molecule has 0 bridgehead atoms. The summed E-state index contributed by atoms with van der Waals surface area (Å²) in [6, 6.07) is 1.83. The lowest BCUT2D eigenvalue weighted by molar-refractivity contribution is -0.135. The van der Waals surface area contributed by atoms with Crippen molar-refractivity contribution >= 4 is 5.91 Å². The zero-order valence-electron chi connectivity index (χ0n) is 11.8. The molecule has 1 atom stereocenters. The molecule has 1 aliphatic rings. The van der Waals surface area contributed by atoms with Gasteiger partial charge in [-0.1, -0.05) is 0 Å². The van der Waals surface area contributed by atoms with Crippen LogP contribution in [0.15, 0.2) is 23.2 Å². The van der Waals surface area contributed by atoms with Gasteiger partial charge in [-0.25, -0.2) is 9.67 Å². The molecule has 0 aromatic carbocycles. The molecule has 1 unspecified atom stereocenters. The van der Waals surface area contributed by atoms with Crippen molar-refractivity contribution in [2.45, 2.75) is 25.8 Å². The van der Waals surface area contributed by atoms with Crippen LogP contribution in [-0.2, 0) is 4.79 Å². The van der Waals surface area contributed by atoms with Crippen LogP contribution in [0.25, 0.3) is 0 Å². The third kappa shape index (κ3) is 3.21. The number of ether oxygens (including phenoxy) is 1. The van der Waals surface area contributed by atoms with Gasteiger partial charge in [0.2, 0.25) is 0 Å². The number of hydrogen-bond donors (Lipinski definition) is 0. The van der Waals surface area contributed by atoms with E-state index in [1.54, 1.807) is 28.9 Å². The molecule has 1 fully saturated rings. The molecule has 3 rings (SSSR count). The van der Waals surface area contributed by atoms with E-state index in [-0.39, 0.29) is 18.6 Å². The van der Waals surface area contributed by atoms with Gasteiger partial charge >= 0.3 is 0 Å². The standard InChI is InChI=1S/C13H17N5O3/c1-10-5-12(16-21-10)20-7-13(19)17-4-2-3-11(6-17)18-9-14-8-15-18/h5,8-9,11H,2-4,6-7H2,1H3. The van der Waals surface area contributed by atoms with Gasteiger partial charge in [0.25, 0.3) is 11.8 Å². The fourth-order valence-electron chi connectivity index (χ4n) is 2.44. The fraction of sp³-hybridized carbons (Fsp3) is 0.538. The van der Waals surface area contributed by atoms with E-state index in [1.165, 1.54) is 6.33 Å². The van der Waals surface area contributed by atoms with Crippen LogP contribution in [0.5, 0.6) is 5.88 Å². The summed E-state index contributed by atoms with van der Waals surface area (Å²) >= 11 is 0. The number of carbonyl (C=O) groups excluding carboxylic acids is 1. The fourth-order valence-corrected chi connectivity index (χ4v) is 2.44. The second kappa shape index (κ2) is 5.94. The van der Waals surface area contributed by atoms with Crippen molar-refractivity contribution in [3.8, 4) is 5.88 Å². The minimum Gasteiger partial charge on any atom is -0.465 e. The summed E-state index contributed by atoms with van der Waals surface area (Å²) in [5.74, 6) is 0.938. The van der Waals surface area contributed by atoms with Crippen molar-refractivity contribution < 1.29 is 14.1 Å². The van der Waals surface area contributed by atoms with E-state index in [1.807, 2.05) is 0 Å². The Kier molecular flexibility index (Phi) is 3.85. The van der Waals surface area contributed by atoms with Gasteiger partial charge in [0.1, 0.15) is 18.4 Å². The summed E-state index contributed by atoms with van der Waals surface area (Å²) in [6.07, 6.45) is 5.14. The van der Waals surface area contributed by atoms with Gasteiger partial charge in [0, 0.05) is 19.2 Å². The van der Waals surface area contributed by atoms with E-state index >= 15 is 0 Å². The Morgan fingerprint density at radius 1 is 1.57 bits per heavy atom. The summed E-state index contributed by atoms with van der Waals surface area (Å²) in [7, 11) is 0. The maximum atomic E-state index is 12.2. The second-order valence-corrected chi connectivity index (χ2v) is 5.08. The first-order valence-electron chi connectivity index (χ1n) is 6.90. The second-order valence-electron chi connectivity index (χ2n) is 5.08. The zero-order chi connectivity index (χ0) is 14.7. The van der Waals surface area contributed by atoms with E-state index in [9.17, 15) is 4.79 Å². The summed E-state index contributed by atoms with van der Waals surface area (Å²) < 4.78 is 12.0. The summed E-state index contributed by atoms with van der Waals surface area (Å²) in [5.41, 5.74) is 0. The Morgan fingerprint density at radius 3 is 3.19 bits per heavy atom. The number of nitrogens with zero attached hydrogens (tertiary/aromatic N) is 5. The topological polar surface area (TPSA) is 86.3 Å². The van der Waals surface area contributed by atoms with Gasteiger partial charge in [0.05, 0.1) is 6.04 Å². The molecule has 3 heterocycles. The number of hydrogen-bond acceptors (Lipinski definition) is 6. The van der Waals surface area contributed by atoms with Crippen LogP contribution < -0.4 is 4.74 Å². The first-order chi connectivity index (χ1) is 10.2. The molecule has 2 aromatic rings. The quantitative estimate of drug-likeness (QED) is 0.829. The molecule has 1 amide bonds. The van der Waals surface area contributed by atoms with E-state index in [0.29, 0.717) is 18.2 Å². The normalized spacial score (nSPS) is 18.7. The van der Waals surface area contributed by atoms with E-state index in [2.05, 4.69) is 15.2 Å². The SMILES string of the molecule is Cc1cc(OCC(=O)N2CCCC(n3cncn3)C2)no1. The van der Waals surface area contributed by atoms with Crippen molar-refractivity contribution in [3.63, 3.8) is 0 Å². The molecular formula is C13H17N5O3. The molecule has 0 N–H and O–H groups in total. The lowest BCUT2D eigenvalue weighted by Crippen LogP contribution is -2.43. The molecule has 0 saturated carbocycles. The van der Waals surface area contributed by atoms with Gasteiger partial charge in [-0.3, -0.25) is 4.79 Å². The maximum Gasteiger partial charge on any atom is 0.260 e. The highest BCUT2D eigenvalue weighted by Crippen LogP contribution is 2.20.